The third-order valence-electron chi connectivity index (χ3n) is 10.7. The Bertz CT molecular complexity index is 1980. The molecule has 4 heterocycles. The SMILES string of the molecule is C[C@H](O)C(=O)N(C[C@@H]1CNC[C@H]1OC(=O)NCCN1C(=O)CC(SC[C@H](N)C(=O)O)C1=O)[C@@H](c1nc(-c2cc(F)ccc2F)cn1Cc1ccccc1)C1CCOCC1. The lowest BCUT2D eigenvalue weighted by Gasteiger charge is -2.40. The summed E-state index contributed by atoms with van der Waals surface area (Å²) in [6, 6.07) is 10.7. The Hall–Kier alpha value is -4.95. The Morgan fingerprint density at radius 1 is 1.14 bits per heavy atom. The predicted octanol–water partition coefficient (Wildman–Crippen LogP) is 2.14. The molecule has 19 heteroatoms. The van der Waals surface area contributed by atoms with Crippen LogP contribution in [-0.4, -0.2) is 135 Å². The van der Waals surface area contributed by atoms with Crippen molar-refractivity contribution in [1.82, 2.24) is 30.0 Å². The second kappa shape index (κ2) is 19.9. The molecule has 3 aromatic rings. The molecule has 2 aromatic carbocycles. The Morgan fingerprint density at radius 2 is 1.88 bits per heavy atom. The van der Waals surface area contributed by atoms with Gasteiger partial charge in [-0.1, -0.05) is 30.3 Å². The van der Waals surface area contributed by atoms with E-state index in [2.05, 4.69) is 10.6 Å². The number of aromatic nitrogens is 2. The standard InChI is InChI=1S/C40H49F2N7O9S/c1-23(50)37(52)49(20-26-17-44-18-32(26)58-40(56)45-11-12-48-34(51)16-33(38(48)53)59-22-30(43)39(54)55)35(25-9-13-57-14-10-25)36-46-31(28-15-27(41)7-8-29(28)42)21-47(36)19-24-5-3-2-4-6-24/h2-8,15,21,23,25-26,30,32-33,35,44,50H,9-14,16-20,22,43H2,1H3,(H,45,56)(H,54,55)/t23-,26-,30-,32+,33?,35+/m0/s1. The number of nitrogens with zero attached hydrogens (tertiary/aromatic N) is 4. The van der Waals surface area contributed by atoms with Gasteiger partial charge in [0.05, 0.1) is 17.0 Å². The molecule has 3 aliphatic heterocycles. The Morgan fingerprint density at radius 3 is 2.59 bits per heavy atom. The summed E-state index contributed by atoms with van der Waals surface area (Å²) in [6.45, 7) is 2.88. The van der Waals surface area contributed by atoms with E-state index < -0.39 is 76.9 Å². The first-order chi connectivity index (χ1) is 28.3. The van der Waals surface area contributed by atoms with E-state index in [9.17, 15) is 33.5 Å². The molecule has 1 unspecified atom stereocenters. The molecule has 3 fully saturated rings. The maximum Gasteiger partial charge on any atom is 0.407 e. The van der Waals surface area contributed by atoms with Crippen LogP contribution in [0.4, 0.5) is 13.6 Å². The number of carbonyl (C=O) groups is 5. The fourth-order valence-corrected chi connectivity index (χ4v) is 8.77. The average Bonchev–Trinajstić information content (AvgIpc) is 3.91. The summed E-state index contributed by atoms with van der Waals surface area (Å²) in [7, 11) is 0. The van der Waals surface area contributed by atoms with Gasteiger partial charge in [-0.05, 0) is 49.4 Å². The highest BCUT2D eigenvalue weighted by Crippen LogP contribution is 2.38. The molecule has 3 saturated heterocycles. The molecule has 318 valence electrons. The van der Waals surface area contributed by atoms with E-state index in [1.165, 1.54) is 6.92 Å². The third kappa shape index (κ3) is 10.8. The number of imide groups is 1. The molecule has 0 bridgehead atoms. The number of carbonyl (C=O) groups excluding carboxylic acids is 4. The number of nitrogens with two attached hydrogens (primary N) is 1. The van der Waals surface area contributed by atoms with Gasteiger partial charge in [0.25, 0.3) is 5.91 Å². The molecular formula is C40H49F2N7O9S. The van der Waals surface area contributed by atoms with Crippen LogP contribution in [0.2, 0.25) is 0 Å². The molecule has 3 aliphatic rings. The van der Waals surface area contributed by atoms with Gasteiger partial charge in [0.1, 0.15) is 35.7 Å². The first kappa shape index (κ1) is 43.6. The molecule has 0 spiro atoms. The number of ether oxygens (including phenoxy) is 2. The number of rotatable bonds is 17. The molecule has 59 heavy (non-hydrogen) atoms. The van der Waals surface area contributed by atoms with Crippen molar-refractivity contribution in [3.05, 3.63) is 77.8 Å². The zero-order valence-electron chi connectivity index (χ0n) is 32.5. The summed E-state index contributed by atoms with van der Waals surface area (Å²) in [5, 5.41) is 24.9. The molecule has 16 nitrogen and oxygen atoms in total. The van der Waals surface area contributed by atoms with Crippen LogP contribution in [0, 0.1) is 23.5 Å². The fraction of sp³-hybridized carbons (Fsp3) is 0.500. The van der Waals surface area contributed by atoms with Crippen LogP contribution in [0.25, 0.3) is 11.3 Å². The van der Waals surface area contributed by atoms with Crippen molar-refractivity contribution in [2.75, 3.05) is 51.7 Å². The zero-order valence-corrected chi connectivity index (χ0v) is 33.3. The normalized spacial score (nSPS) is 21.3. The van der Waals surface area contributed by atoms with E-state index in [4.69, 9.17) is 25.3 Å². The van der Waals surface area contributed by atoms with E-state index in [0.717, 1.165) is 40.4 Å². The van der Waals surface area contributed by atoms with E-state index in [1.807, 2.05) is 34.9 Å². The molecule has 0 saturated carbocycles. The van der Waals surface area contributed by atoms with Gasteiger partial charge in [-0.25, -0.2) is 18.6 Å². The Kier molecular flexibility index (Phi) is 14.7. The van der Waals surface area contributed by atoms with Gasteiger partial charge in [0, 0.05) is 82.3 Å². The summed E-state index contributed by atoms with van der Waals surface area (Å²) < 4.78 is 43.0. The van der Waals surface area contributed by atoms with Gasteiger partial charge >= 0.3 is 12.1 Å². The van der Waals surface area contributed by atoms with Gasteiger partial charge in [0.2, 0.25) is 11.8 Å². The van der Waals surface area contributed by atoms with Crippen molar-refractivity contribution >= 4 is 41.5 Å². The van der Waals surface area contributed by atoms with E-state index in [-0.39, 0.29) is 55.5 Å². The number of alkyl carbamates (subject to hydrolysis) is 1. The smallest absolute Gasteiger partial charge is 0.407 e. The van der Waals surface area contributed by atoms with Crippen molar-refractivity contribution in [1.29, 1.82) is 0 Å². The molecular weight excluding hydrogens is 793 g/mol. The highest BCUT2D eigenvalue weighted by molar-refractivity contribution is 8.00. The van der Waals surface area contributed by atoms with E-state index >= 15 is 4.39 Å². The lowest BCUT2D eigenvalue weighted by atomic mass is 9.88. The first-order valence-electron chi connectivity index (χ1n) is 19.5. The minimum Gasteiger partial charge on any atom is -0.480 e. The fourth-order valence-electron chi connectivity index (χ4n) is 7.65. The Balaban J connectivity index is 1.21. The van der Waals surface area contributed by atoms with Gasteiger partial charge < -0.3 is 45.5 Å². The summed E-state index contributed by atoms with van der Waals surface area (Å²) in [5.74, 6) is -4.37. The van der Waals surface area contributed by atoms with Crippen molar-refractivity contribution in [2.45, 2.75) is 62.3 Å². The number of imidazole rings is 1. The number of aliphatic hydroxyl groups is 1. The molecule has 0 radical (unpaired) electrons. The van der Waals surface area contributed by atoms with Crippen LogP contribution in [0.1, 0.15) is 43.6 Å². The molecule has 6 rings (SSSR count). The molecule has 4 amide bonds. The number of thioether (sulfide) groups is 1. The number of benzene rings is 2. The molecule has 1 aromatic heterocycles. The van der Waals surface area contributed by atoms with Gasteiger partial charge in [-0.15, -0.1) is 11.8 Å². The lowest BCUT2D eigenvalue weighted by molar-refractivity contribution is -0.146. The molecule has 6 atom stereocenters. The minimum absolute atomic E-state index is 0.0277. The topological polar surface area (TPSA) is 219 Å². The summed E-state index contributed by atoms with van der Waals surface area (Å²) in [5.41, 5.74) is 6.55. The monoisotopic (exact) mass is 841 g/mol. The molecule has 6 N–H and O–H groups in total. The van der Waals surface area contributed by atoms with Gasteiger partial charge in [-0.2, -0.15) is 0 Å². The second-order valence-corrected chi connectivity index (χ2v) is 16.2. The summed E-state index contributed by atoms with van der Waals surface area (Å²) in [4.78, 5) is 71.2. The summed E-state index contributed by atoms with van der Waals surface area (Å²) in [6.07, 6.45) is -0.350. The number of amides is 4. The molecule has 0 aliphatic carbocycles. The summed E-state index contributed by atoms with van der Waals surface area (Å²) >= 11 is 0.997. The number of hydrogen-bond donors (Lipinski definition) is 5. The highest BCUT2D eigenvalue weighted by atomic mass is 32.2. The number of carboxylic acids is 1. The van der Waals surface area contributed by atoms with E-state index in [0.29, 0.717) is 45.0 Å². The number of halogens is 2. The van der Waals surface area contributed by atoms with Crippen LogP contribution < -0.4 is 16.4 Å². The number of aliphatic carboxylic acids is 1. The van der Waals surface area contributed by atoms with Crippen LogP contribution in [-0.2, 0) is 35.2 Å². The third-order valence-corrected chi connectivity index (χ3v) is 12.1. The van der Waals surface area contributed by atoms with Crippen molar-refractivity contribution in [3.8, 4) is 11.3 Å². The number of hydrogen-bond acceptors (Lipinski definition) is 12. The lowest BCUT2D eigenvalue weighted by Crippen LogP contribution is -2.49. The van der Waals surface area contributed by atoms with Crippen molar-refractivity contribution in [3.63, 3.8) is 0 Å². The zero-order chi connectivity index (χ0) is 42.2. The number of aliphatic hydroxyl groups excluding tert-OH is 1. The maximum atomic E-state index is 15.2. The predicted molar refractivity (Wildman–Crippen MR) is 211 cm³/mol. The van der Waals surface area contributed by atoms with Gasteiger partial charge in [0.15, 0.2) is 0 Å². The van der Waals surface area contributed by atoms with Crippen LogP contribution >= 0.6 is 11.8 Å². The van der Waals surface area contributed by atoms with Gasteiger partial charge in [-0.3, -0.25) is 24.1 Å². The number of likely N-dealkylation sites (tertiary alicyclic amines) is 1. The second-order valence-electron chi connectivity index (χ2n) is 14.9. The van der Waals surface area contributed by atoms with Crippen LogP contribution in [0.15, 0.2) is 54.7 Å². The number of nitrogens with one attached hydrogen (secondary N) is 2. The van der Waals surface area contributed by atoms with E-state index in [1.54, 1.807) is 11.1 Å². The first-order valence-corrected chi connectivity index (χ1v) is 20.6. The minimum atomic E-state index is -1.42. The van der Waals surface area contributed by atoms with Crippen molar-refractivity contribution < 1.29 is 52.4 Å². The van der Waals surface area contributed by atoms with Crippen molar-refractivity contribution in [2.24, 2.45) is 17.6 Å². The quantitative estimate of drug-likeness (QED) is 0.123. The number of carboxylic acid groups (broad SMARTS) is 1. The highest BCUT2D eigenvalue weighted by Gasteiger charge is 2.42. The van der Waals surface area contributed by atoms with Crippen LogP contribution in [0.5, 0.6) is 0 Å². The Labute approximate surface area is 343 Å². The van der Waals surface area contributed by atoms with Crippen LogP contribution in [0.3, 0.4) is 0 Å². The maximum absolute atomic E-state index is 15.2. The largest absolute Gasteiger partial charge is 0.480 e. The average molecular weight is 842 g/mol.